The zero-order valence-corrected chi connectivity index (χ0v) is 9.45. The second kappa shape index (κ2) is 4.29. The molecule has 2 rings (SSSR count). The summed E-state index contributed by atoms with van der Waals surface area (Å²) >= 11 is 0. The molecule has 0 amide bonds. The molecule has 1 aliphatic carbocycles. The minimum Gasteiger partial charge on any atom is -0.475 e. The second-order valence-electron chi connectivity index (χ2n) is 4.85. The van der Waals surface area contributed by atoms with Gasteiger partial charge in [-0.3, -0.25) is 0 Å². The van der Waals surface area contributed by atoms with Crippen molar-refractivity contribution in [3.05, 3.63) is 23.7 Å². The van der Waals surface area contributed by atoms with Gasteiger partial charge in [0.25, 0.3) is 0 Å². The van der Waals surface area contributed by atoms with Crippen molar-refractivity contribution < 1.29 is 14.3 Å². The van der Waals surface area contributed by atoms with Gasteiger partial charge in [0.15, 0.2) is 0 Å². The Morgan fingerprint density at radius 3 is 2.94 bits per heavy atom. The quantitative estimate of drug-likeness (QED) is 0.803. The Balaban J connectivity index is 1.85. The first-order chi connectivity index (χ1) is 7.61. The van der Waals surface area contributed by atoms with Crippen molar-refractivity contribution in [1.82, 2.24) is 5.32 Å². The van der Waals surface area contributed by atoms with Crippen molar-refractivity contribution in [1.29, 1.82) is 0 Å². The molecular formula is C12H17NO3. The molecule has 2 N–H and O–H groups in total. The van der Waals surface area contributed by atoms with Gasteiger partial charge in [0, 0.05) is 18.7 Å². The average Bonchev–Trinajstić information content (AvgIpc) is 2.63. The highest BCUT2D eigenvalue weighted by Crippen LogP contribution is 2.39. The molecule has 0 aliphatic heterocycles. The summed E-state index contributed by atoms with van der Waals surface area (Å²) in [6, 6.07) is 1.71. The van der Waals surface area contributed by atoms with E-state index in [9.17, 15) is 4.79 Å². The molecule has 4 nitrogen and oxygen atoms in total. The maximum atomic E-state index is 10.8. The monoisotopic (exact) mass is 223 g/mol. The van der Waals surface area contributed by atoms with Crippen LogP contribution in [-0.4, -0.2) is 17.6 Å². The number of carbonyl (C=O) groups is 1. The van der Waals surface area contributed by atoms with E-state index in [0.717, 1.165) is 12.1 Å². The molecular weight excluding hydrogens is 206 g/mol. The zero-order valence-electron chi connectivity index (χ0n) is 9.45. The third-order valence-corrected chi connectivity index (χ3v) is 3.37. The first-order valence-electron chi connectivity index (χ1n) is 5.61. The van der Waals surface area contributed by atoms with E-state index in [1.165, 1.54) is 25.5 Å². The fourth-order valence-corrected chi connectivity index (χ4v) is 2.12. The van der Waals surface area contributed by atoms with Crippen LogP contribution in [0.2, 0.25) is 0 Å². The first kappa shape index (κ1) is 11.2. The molecule has 4 heteroatoms. The van der Waals surface area contributed by atoms with Gasteiger partial charge in [-0.15, -0.1) is 0 Å². The van der Waals surface area contributed by atoms with Gasteiger partial charge in [0.2, 0.25) is 5.76 Å². The zero-order chi connectivity index (χ0) is 11.6. The molecule has 88 valence electrons. The molecule has 1 heterocycles. The largest absolute Gasteiger partial charge is 0.475 e. The molecule has 0 saturated heterocycles. The van der Waals surface area contributed by atoms with Crippen molar-refractivity contribution in [3.8, 4) is 0 Å². The smallest absolute Gasteiger partial charge is 0.372 e. The minimum absolute atomic E-state index is 0.0475. The van der Waals surface area contributed by atoms with Crippen LogP contribution in [0.4, 0.5) is 0 Å². The highest BCUT2D eigenvalue weighted by Gasteiger charge is 2.31. The van der Waals surface area contributed by atoms with Gasteiger partial charge < -0.3 is 14.8 Å². The van der Waals surface area contributed by atoms with Gasteiger partial charge in [-0.25, -0.2) is 4.79 Å². The number of carboxylic acid groups (broad SMARTS) is 1. The van der Waals surface area contributed by atoms with Crippen LogP contribution in [0.1, 0.15) is 42.3 Å². The summed E-state index contributed by atoms with van der Waals surface area (Å²) in [7, 11) is 0. The molecule has 0 spiro atoms. The molecule has 1 aromatic rings. The summed E-state index contributed by atoms with van der Waals surface area (Å²) in [5.74, 6) is -0.956. The summed E-state index contributed by atoms with van der Waals surface area (Å²) in [5, 5.41) is 12.2. The standard InChI is InChI=1S/C12H17NO3/c1-12(4-2-5-12)8-13-7-9-3-6-16-10(9)11(14)15/h3,6,13H,2,4-5,7-8H2,1H3,(H,14,15). The van der Waals surface area contributed by atoms with Crippen LogP contribution < -0.4 is 5.32 Å². The Bertz CT molecular complexity index is 379. The van der Waals surface area contributed by atoms with Gasteiger partial charge in [-0.05, 0) is 24.3 Å². The van der Waals surface area contributed by atoms with Crippen molar-refractivity contribution in [2.24, 2.45) is 5.41 Å². The van der Waals surface area contributed by atoms with E-state index in [-0.39, 0.29) is 5.76 Å². The molecule has 1 aromatic heterocycles. The molecule has 0 aromatic carbocycles. The van der Waals surface area contributed by atoms with Crippen LogP contribution in [0.3, 0.4) is 0 Å². The number of aromatic carboxylic acids is 1. The Hall–Kier alpha value is -1.29. The van der Waals surface area contributed by atoms with Gasteiger partial charge in [0.05, 0.1) is 6.26 Å². The molecule has 1 fully saturated rings. The normalized spacial score (nSPS) is 18.1. The molecule has 0 radical (unpaired) electrons. The Morgan fingerprint density at radius 1 is 1.62 bits per heavy atom. The summed E-state index contributed by atoms with van der Waals surface area (Å²) in [6.45, 7) is 3.77. The summed E-state index contributed by atoms with van der Waals surface area (Å²) in [6.07, 6.45) is 5.25. The Labute approximate surface area is 94.6 Å². The average molecular weight is 223 g/mol. The van der Waals surface area contributed by atoms with E-state index in [2.05, 4.69) is 12.2 Å². The minimum atomic E-state index is -1.00. The highest BCUT2D eigenvalue weighted by atomic mass is 16.4. The van der Waals surface area contributed by atoms with Crippen LogP contribution >= 0.6 is 0 Å². The van der Waals surface area contributed by atoms with E-state index >= 15 is 0 Å². The third kappa shape index (κ3) is 2.27. The maximum Gasteiger partial charge on any atom is 0.372 e. The number of furan rings is 1. The molecule has 0 bridgehead atoms. The molecule has 0 atom stereocenters. The lowest BCUT2D eigenvalue weighted by Gasteiger charge is -2.38. The fourth-order valence-electron chi connectivity index (χ4n) is 2.12. The SMILES string of the molecule is CC1(CNCc2ccoc2C(=O)O)CCC1. The van der Waals surface area contributed by atoms with Crippen molar-refractivity contribution >= 4 is 5.97 Å². The molecule has 1 saturated carbocycles. The Morgan fingerprint density at radius 2 is 2.38 bits per heavy atom. The number of rotatable bonds is 5. The summed E-state index contributed by atoms with van der Waals surface area (Å²) in [5.41, 5.74) is 1.13. The van der Waals surface area contributed by atoms with E-state index < -0.39 is 5.97 Å². The van der Waals surface area contributed by atoms with Crippen LogP contribution in [0.25, 0.3) is 0 Å². The van der Waals surface area contributed by atoms with E-state index in [4.69, 9.17) is 9.52 Å². The Kier molecular flexibility index (Phi) is 3.01. The lowest BCUT2D eigenvalue weighted by atomic mass is 9.70. The van der Waals surface area contributed by atoms with Crippen LogP contribution in [-0.2, 0) is 6.54 Å². The second-order valence-corrected chi connectivity index (χ2v) is 4.85. The van der Waals surface area contributed by atoms with Gasteiger partial charge in [0.1, 0.15) is 0 Å². The van der Waals surface area contributed by atoms with Crippen molar-refractivity contribution in [3.63, 3.8) is 0 Å². The topological polar surface area (TPSA) is 62.5 Å². The predicted molar refractivity (Wildman–Crippen MR) is 59.3 cm³/mol. The van der Waals surface area contributed by atoms with Crippen LogP contribution in [0, 0.1) is 5.41 Å². The van der Waals surface area contributed by atoms with Gasteiger partial charge >= 0.3 is 5.97 Å². The van der Waals surface area contributed by atoms with Crippen LogP contribution in [0.5, 0.6) is 0 Å². The molecule has 0 unspecified atom stereocenters. The highest BCUT2D eigenvalue weighted by molar-refractivity contribution is 5.86. The molecule has 1 aliphatic rings. The van der Waals surface area contributed by atoms with Gasteiger partial charge in [-0.2, -0.15) is 0 Å². The van der Waals surface area contributed by atoms with Gasteiger partial charge in [-0.1, -0.05) is 13.3 Å². The number of carboxylic acids is 1. The molecule has 16 heavy (non-hydrogen) atoms. The number of nitrogens with one attached hydrogen (secondary N) is 1. The third-order valence-electron chi connectivity index (χ3n) is 3.37. The van der Waals surface area contributed by atoms with Crippen molar-refractivity contribution in [2.75, 3.05) is 6.54 Å². The predicted octanol–water partition coefficient (Wildman–Crippen LogP) is 2.26. The first-order valence-corrected chi connectivity index (χ1v) is 5.61. The van der Waals surface area contributed by atoms with E-state index in [1.54, 1.807) is 6.07 Å². The van der Waals surface area contributed by atoms with Crippen LogP contribution in [0.15, 0.2) is 16.7 Å². The van der Waals surface area contributed by atoms with E-state index in [1.807, 2.05) is 0 Å². The summed E-state index contributed by atoms with van der Waals surface area (Å²) in [4.78, 5) is 10.8. The number of hydrogen-bond acceptors (Lipinski definition) is 3. The van der Waals surface area contributed by atoms with E-state index in [0.29, 0.717) is 12.0 Å². The van der Waals surface area contributed by atoms with Crippen molar-refractivity contribution in [2.45, 2.75) is 32.7 Å². The number of hydrogen-bond donors (Lipinski definition) is 2. The maximum absolute atomic E-state index is 10.8. The summed E-state index contributed by atoms with van der Waals surface area (Å²) < 4.78 is 4.91. The lowest BCUT2D eigenvalue weighted by Crippen LogP contribution is -2.37. The lowest BCUT2D eigenvalue weighted by molar-refractivity contribution is 0.0660. The fraction of sp³-hybridized carbons (Fsp3) is 0.583.